The van der Waals surface area contributed by atoms with E-state index in [1.54, 1.807) is 6.07 Å². The maximum absolute atomic E-state index is 13.2. The molecule has 3 rings (SSSR count). The Balaban J connectivity index is 1.68. The van der Waals surface area contributed by atoms with E-state index in [4.69, 9.17) is 15.2 Å². The summed E-state index contributed by atoms with van der Waals surface area (Å²) in [5.74, 6) is -0.381. The lowest BCUT2D eigenvalue weighted by molar-refractivity contribution is -0.138. The number of halogens is 3. The van der Waals surface area contributed by atoms with Gasteiger partial charge in [0.25, 0.3) is 0 Å². The minimum atomic E-state index is -4.59. The van der Waals surface area contributed by atoms with Crippen LogP contribution in [0.25, 0.3) is 0 Å². The second-order valence-electron chi connectivity index (χ2n) is 6.29. The summed E-state index contributed by atoms with van der Waals surface area (Å²) in [5, 5.41) is 2.68. The normalized spacial score (nSPS) is 15.1. The summed E-state index contributed by atoms with van der Waals surface area (Å²) in [6.45, 7) is 0.175. The topological polar surface area (TPSA) is 86.5 Å². The molecule has 2 aromatic rings. The van der Waals surface area contributed by atoms with Crippen LogP contribution in [0.15, 0.2) is 36.5 Å². The van der Waals surface area contributed by atoms with Crippen LogP contribution in [-0.4, -0.2) is 23.5 Å². The third-order valence-corrected chi connectivity index (χ3v) is 4.19. The highest BCUT2D eigenvalue weighted by molar-refractivity contribution is 5.88. The first-order valence-corrected chi connectivity index (χ1v) is 8.16. The summed E-state index contributed by atoms with van der Waals surface area (Å²) in [5.41, 5.74) is 4.59. The van der Waals surface area contributed by atoms with Gasteiger partial charge in [-0.15, -0.1) is 0 Å². The summed E-state index contributed by atoms with van der Waals surface area (Å²) in [7, 11) is 1.28. The molecular weight excluding hydrogens is 363 g/mol. The highest BCUT2D eigenvalue weighted by atomic mass is 19.4. The van der Waals surface area contributed by atoms with Crippen molar-refractivity contribution in [1.82, 2.24) is 10.3 Å². The lowest BCUT2D eigenvalue weighted by Crippen LogP contribution is -2.42. The van der Waals surface area contributed by atoms with Crippen molar-refractivity contribution in [3.63, 3.8) is 0 Å². The lowest BCUT2D eigenvalue weighted by atomic mass is 10.2. The smallest absolute Gasteiger partial charge is 0.420 e. The van der Waals surface area contributed by atoms with E-state index in [1.165, 1.54) is 31.5 Å². The van der Waals surface area contributed by atoms with Gasteiger partial charge in [0, 0.05) is 0 Å². The second kappa shape index (κ2) is 7.07. The molecule has 0 bridgehead atoms. The van der Waals surface area contributed by atoms with Crippen LogP contribution in [0.2, 0.25) is 0 Å². The fourth-order valence-electron chi connectivity index (χ4n) is 2.36. The number of carbonyl (C=O) groups is 1. The number of nitrogens with two attached hydrogens (primary N) is 1. The molecule has 0 radical (unpaired) electrons. The number of amides is 1. The summed E-state index contributed by atoms with van der Waals surface area (Å²) < 4.78 is 49.8. The van der Waals surface area contributed by atoms with Crippen molar-refractivity contribution in [2.24, 2.45) is 5.73 Å². The Morgan fingerprint density at radius 1 is 1.26 bits per heavy atom. The van der Waals surface area contributed by atoms with Crippen molar-refractivity contribution in [1.29, 1.82) is 0 Å². The van der Waals surface area contributed by atoms with E-state index in [0.29, 0.717) is 18.5 Å². The van der Waals surface area contributed by atoms with E-state index in [9.17, 15) is 18.0 Å². The standard InChI is InChI=1S/C18H18F3N3O3/c1-26-12-4-5-15(14(8-12)18(19,20)21)27-13-3-2-11(23-10-13)9-24-16(25)17(22)6-7-17/h2-5,8,10H,6-7,9,22H2,1H3,(H,24,25). The number of alkyl halides is 3. The predicted molar refractivity (Wildman–Crippen MR) is 90.3 cm³/mol. The first-order chi connectivity index (χ1) is 12.7. The van der Waals surface area contributed by atoms with Crippen LogP contribution in [0.3, 0.4) is 0 Å². The van der Waals surface area contributed by atoms with Gasteiger partial charge in [-0.2, -0.15) is 13.2 Å². The van der Waals surface area contributed by atoms with Gasteiger partial charge in [-0.3, -0.25) is 9.78 Å². The summed E-state index contributed by atoms with van der Waals surface area (Å²) >= 11 is 0. The Kier molecular flexibility index (Phi) is 4.97. The van der Waals surface area contributed by atoms with E-state index in [1.807, 2.05) is 0 Å². The molecule has 9 heteroatoms. The number of benzene rings is 1. The molecule has 1 aliphatic carbocycles. The number of pyridine rings is 1. The maximum Gasteiger partial charge on any atom is 0.420 e. The van der Waals surface area contributed by atoms with Crippen molar-refractivity contribution < 1.29 is 27.4 Å². The number of ether oxygens (including phenoxy) is 2. The fraction of sp³-hybridized carbons (Fsp3) is 0.333. The van der Waals surface area contributed by atoms with Crippen molar-refractivity contribution in [3.05, 3.63) is 47.8 Å². The molecule has 27 heavy (non-hydrogen) atoms. The zero-order valence-corrected chi connectivity index (χ0v) is 14.5. The number of hydrogen-bond acceptors (Lipinski definition) is 5. The first kappa shape index (κ1) is 19.0. The molecule has 0 spiro atoms. The van der Waals surface area contributed by atoms with Gasteiger partial charge < -0.3 is 20.5 Å². The summed E-state index contributed by atoms with van der Waals surface area (Å²) in [6.07, 6.45) is -1.99. The van der Waals surface area contributed by atoms with E-state index in [2.05, 4.69) is 10.3 Å². The molecule has 1 aliphatic rings. The van der Waals surface area contributed by atoms with E-state index < -0.39 is 17.3 Å². The molecule has 0 unspecified atom stereocenters. The van der Waals surface area contributed by atoms with Gasteiger partial charge in [0.15, 0.2) is 0 Å². The van der Waals surface area contributed by atoms with E-state index >= 15 is 0 Å². The molecule has 0 saturated heterocycles. The molecular formula is C18H18F3N3O3. The third-order valence-electron chi connectivity index (χ3n) is 4.19. The minimum Gasteiger partial charge on any atom is -0.497 e. The molecule has 144 valence electrons. The molecule has 0 aliphatic heterocycles. The Labute approximate surface area is 153 Å². The van der Waals surface area contributed by atoms with Crippen molar-refractivity contribution in [2.45, 2.75) is 31.1 Å². The van der Waals surface area contributed by atoms with Crippen LogP contribution < -0.4 is 20.5 Å². The van der Waals surface area contributed by atoms with Gasteiger partial charge >= 0.3 is 6.18 Å². The molecule has 1 aromatic heterocycles. The van der Waals surface area contributed by atoms with Crippen LogP contribution in [0.4, 0.5) is 13.2 Å². The monoisotopic (exact) mass is 381 g/mol. The molecule has 1 fully saturated rings. The molecule has 0 atom stereocenters. The predicted octanol–water partition coefficient (Wildman–Crippen LogP) is 3.01. The number of nitrogens with zero attached hydrogens (tertiary/aromatic N) is 1. The van der Waals surface area contributed by atoms with Gasteiger partial charge in [-0.05, 0) is 43.2 Å². The average Bonchev–Trinajstić information content (AvgIpc) is 3.39. The van der Waals surface area contributed by atoms with Crippen LogP contribution in [-0.2, 0) is 17.5 Å². The summed E-state index contributed by atoms with van der Waals surface area (Å²) in [6, 6.07) is 6.47. The van der Waals surface area contributed by atoms with Crippen LogP contribution in [0.1, 0.15) is 24.1 Å². The Bertz CT molecular complexity index is 834. The Morgan fingerprint density at radius 3 is 2.52 bits per heavy atom. The van der Waals surface area contributed by atoms with Crippen molar-refractivity contribution >= 4 is 5.91 Å². The zero-order chi connectivity index (χ0) is 19.7. The number of hydrogen-bond donors (Lipinski definition) is 2. The van der Waals surface area contributed by atoms with Gasteiger partial charge in [0.05, 0.1) is 31.1 Å². The number of aromatic nitrogens is 1. The largest absolute Gasteiger partial charge is 0.497 e. The minimum absolute atomic E-state index is 0.0761. The molecule has 1 heterocycles. The molecule has 1 aromatic carbocycles. The Hall–Kier alpha value is -2.81. The van der Waals surface area contributed by atoms with Crippen LogP contribution in [0, 0.1) is 0 Å². The number of methoxy groups -OCH3 is 1. The summed E-state index contributed by atoms with van der Waals surface area (Å²) in [4.78, 5) is 15.9. The quantitative estimate of drug-likeness (QED) is 0.803. The second-order valence-corrected chi connectivity index (χ2v) is 6.29. The van der Waals surface area contributed by atoms with Gasteiger partial charge in [0.1, 0.15) is 22.8 Å². The van der Waals surface area contributed by atoms with Gasteiger partial charge in [0.2, 0.25) is 5.91 Å². The first-order valence-electron chi connectivity index (χ1n) is 8.16. The molecule has 6 nitrogen and oxygen atoms in total. The van der Waals surface area contributed by atoms with Gasteiger partial charge in [-0.25, -0.2) is 0 Å². The third kappa shape index (κ3) is 4.48. The average molecular weight is 381 g/mol. The lowest BCUT2D eigenvalue weighted by Gasteiger charge is -2.15. The number of nitrogens with one attached hydrogen (secondary N) is 1. The van der Waals surface area contributed by atoms with E-state index in [0.717, 1.165) is 6.07 Å². The SMILES string of the molecule is COc1ccc(Oc2ccc(CNC(=O)C3(N)CC3)nc2)c(C(F)(F)F)c1. The molecule has 1 saturated carbocycles. The van der Waals surface area contributed by atoms with Gasteiger partial charge in [-0.1, -0.05) is 0 Å². The maximum atomic E-state index is 13.2. The van der Waals surface area contributed by atoms with Crippen LogP contribution in [0.5, 0.6) is 17.2 Å². The number of rotatable bonds is 6. The fourth-order valence-corrected chi connectivity index (χ4v) is 2.36. The number of carbonyl (C=O) groups excluding carboxylic acids is 1. The Morgan fingerprint density at radius 2 is 1.96 bits per heavy atom. The molecule has 3 N–H and O–H groups in total. The van der Waals surface area contributed by atoms with E-state index in [-0.39, 0.29) is 29.7 Å². The zero-order valence-electron chi connectivity index (χ0n) is 14.5. The van der Waals surface area contributed by atoms with Crippen LogP contribution >= 0.6 is 0 Å². The highest BCUT2D eigenvalue weighted by Gasteiger charge is 2.45. The highest BCUT2D eigenvalue weighted by Crippen LogP contribution is 2.40. The van der Waals surface area contributed by atoms with Crippen molar-refractivity contribution in [3.8, 4) is 17.2 Å². The van der Waals surface area contributed by atoms with Crippen molar-refractivity contribution in [2.75, 3.05) is 7.11 Å². The molecule has 1 amide bonds.